The Morgan fingerprint density at radius 3 is 2.75 bits per heavy atom. The Kier molecular flexibility index (Phi) is 6.34. The molecule has 1 aliphatic rings. The second kappa shape index (κ2) is 9.33. The highest BCUT2D eigenvalue weighted by Crippen LogP contribution is 2.28. The molecule has 1 aromatic carbocycles. The van der Waals surface area contributed by atoms with Gasteiger partial charge in [-0.3, -0.25) is 9.48 Å². The maximum absolute atomic E-state index is 14.5. The molecule has 1 N–H and O–H groups in total. The summed E-state index contributed by atoms with van der Waals surface area (Å²) in [5.74, 6) is 0.203. The molecule has 0 saturated carbocycles. The van der Waals surface area contributed by atoms with Gasteiger partial charge in [-0.15, -0.1) is 0 Å². The van der Waals surface area contributed by atoms with Gasteiger partial charge in [0.1, 0.15) is 6.54 Å². The summed E-state index contributed by atoms with van der Waals surface area (Å²) >= 11 is 0. The van der Waals surface area contributed by atoms with Crippen LogP contribution in [0.15, 0.2) is 36.8 Å². The van der Waals surface area contributed by atoms with E-state index in [4.69, 9.17) is 4.74 Å². The fraction of sp³-hybridized carbons (Fsp3) is 0.391. The number of carbonyl (C=O) groups excluding carboxylic acids is 1. The van der Waals surface area contributed by atoms with Gasteiger partial charge in [-0.25, -0.2) is 14.4 Å². The number of anilines is 2. The quantitative estimate of drug-likeness (QED) is 0.601. The number of carbonyl (C=O) groups is 1. The molecule has 0 unspecified atom stereocenters. The van der Waals surface area contributed by atoms with Crippen molar-refractivity contribution in [3.63, 3.8) is 0 Å². The number of aryl methyl sites for hydroxylation is 1. The van der Waals surface area contributed by atoms with Crippen LogP contribution in [0.5, 0.6) is 5.75 Å². The molecule has 1 amide bonds. The molecule has 3 heterocycles. The van der Waals surface area contributed by atoms with Crippen LogP contribution in [0.25, 0.3) is 11.3 Å². The van der Waals surface area contributed by atoms with Crippen LogP contribution >= 0.6 is 0 Å². The summed E-state index contributed by atoms with van der Waals surface area (Å²) in [6, 6.07) is 4.81. The highest BCUT2D eigenvalue weighted by atomic mass is 19.1. The number of likely N-dealkylation sites (tertiary alicyclic amines) is 1. The molecule has 0 spiro atoms. The molecular weight excluding hydrogens is 411 g/mol. The van der Waals surface area contributed by atoms with Crippen molar-refractivity contribution in [1.82, 2.24) is 24.6 Å². The molecule has 8 nitrogen and oxygen atoms in total. The normalized spacial score (nSPS) is 13.6. The van der Waals surface area contributed by atoms with Crippen molar-refractivity contribution >= 4 is 17.5 Å². The van der Waals surface area contributed by atoms with Crippen molar-refractivity contribution in [1.29, 1.82) is 0 Å². The number of nitrogens with one attached hydrogen (secondary N) is 1. The molecule has 9 heteroatoms. The number of nitrogens with zero attached hydrogens (tertiary/aromatic N) is 5. The molecule has 0 atom stereocenters. The summed E-state index contributed by atoms with van der Waals surface area (Å²) < 4.78 is 21.5. The van der Waals surface area contributed by atoms with Crippen LogP contribution < -0.4 is 10.1 Å². The lowest BCUT2D eigenvalue weighted by Crippen LogP contribution is -2.31. The van der Waals surface area contributed by atoms with Crippen molar-refractivity contribution in [3.05, 3.63) is 48.2 Å². The third-order valence-electron chi connectivity index (χ3n) is 5.19. The SMILES string of the molecule is Cc1cnc(Nc2cnn(CC(=O)N3CCCC3)c2)nc1-c1ccc(OC(C)C)c(F)c1. The maximum atomic E-state index is 14.5. The Labute approximate surface area is 186 Å². The van der Waals surface area contributed by atoms with Crippen molar-refractivity contribution in [2.45, 2.75) is 46.3 Å². The summed E-state index contributed by atoms with van der Waals surface area (Å²) in [6.45, 7) is 7.41. The van der Waals surface area contributed by atoms with Crippen LogP contribution in [0.2, 0.25) is 0 Å². The van der Waals surface area contributed by atoms with Crippen LogP contribution in [0.3, 0.4) is 0 Å². The number of hydrogen-bond acceptors (Lipinski definition) is 6. The minimum atomic E-state index is -0.437. The van der Waals surface area contributed by atoms with Crippen LogP contribution in [0.1, 0.15) is 32.3 Å². The molecular formula is C23H27FN6O2. The number of amides is 1. The van der Waals surface area contributed by atoms with E-state index >= 15 is 0 Å². The standard InChI is InChI=1S/C23H27FN6O2/c1-15(2)32-20-7-6-17(10-19(20)24)22-16(3)11-25-23(28-22)27-18-12-26-30(13-18)14-21(31)29-8-4-5-9-29/h6-7,10-13,15H,4-5,8-9,14H2,1-3H3,(H,25,27,28). The molecule has 1 aliphatic heterocycles. The topological polar surface area (TPSA) is 85.2 Å². The number of rotatable bonds is 7. The summed E-state index contributed by atoms with van der Waals surface area (Å²) in [4.78, 5) is 23.1. The van der Waals surface area contributed by atoms with E-state index < -0.39 is 5.82 Å². The van der Waals surface area contributed by atoms with Gasteiger partial charge in [0.15, 0.2) is 11.6 Å². The molecule has 1 saturated heterocycles. The van der Waals surface area contributed by atoms with E-state index in [-0.39, 0.29) is 24.3 Å². The lowest BCUT2D eigenvalue weighted by Gasteiger charge is -2.14. The van der Waals surface area contributed by atoms with Gasteiger partial charge in [0, 0.05) is 31.0 Å². The molecule has 0 aliphatic carbocycles. The first-order valence-corrected chi connectivity index (χ1v) is 10.8. The largest absolute Gasteiger partial charge is 0.488 e. The molecule has 4 rings (SSSR count). The Bertz CT molecular complexity index is 1110. The summed E-state index contributed by atoms with van der Waals surface area (Å²) in [5, 5.41) is 7.36. The van der Waals surface area contributed by atoms with E-state index in [1.165, 1.54) is 6.07 Å². The molecule has 0 bridgehead atoms. The second-order valence-electron chi connectivity index (χ2n) is 8.18. The van der Waals surface area contributed by atoms with E-state index in [2.05, 4.69) is 20.4 Å². The predicted molar refractivity (Wildman–Crippen MR) is 119 cm³/mol. The van der Waals surface area contributed by atoms with E-state index in [0.717, 1.165) is 31.5 Å². The van der Waals surface area contributed by atoms with Crippen LogP contribution in [-0.4, -0.2) is 49.7 Å². The maximum Gasteiger partial charge on any atom is 0.244 e. The molecule has 168 valence electrons. The van der Waals surface area contributed by atoms with Gasteiger partial charge >= 0.3 is 0 Å². The Morgan fingerprint density at radius 2 is 2.03 bits per heavy atom. The lowest BCUT2D eigenvalue weighted by molar-refractivity contribution is -0.130. The molecule has 0 radical (unpaired) electrons. The van der Waals surface area contributed by atoms with Gasteiger partial charge in [0.05, 0.1) is 23.7 Å². The highest BCUT2D eigenvalue weighted by Gasteiger charge is 2.18. The first-order valence-electron chi connectivity index (χ1n) is 10.8. The van der Waals surface area contributed by atoms with Gasteiger partial charge in [-0.1, -0.05) is 0 Å². The van der Waals surface area contributed by atoms with E-state index in [1.807, 2.05) is 25.7 Å². The van der Waals surface area contributed by atoms with Crippen molar-refractivity contribution in [3.8, 4) is 17.0 Å². The molecule has 2 aromatic heterocycles. The number of ether oxygens (including phenoxy) is 1. The van der Waals surface area contributed by atoms with Gasteiger partial charge in [0.25, 0.3) is 0 Å². The fourth-order valence-corrected chi connectivity index (χ4v) is 3.64. The zero-order valence-electron chi connectivity index (χ0n) is 18.5. The monoisotopic (exact) mass is 438 g/mol. The van der Waals surface area contributed by atoms with Gasteiger partial charge in [-0.2, -0.15) is 5.10 Å². The Balaban J connectivity index is 1.48. The third kappa shape index (κ3) is 5.04. The smallest absolute Gasteiger partial charge is 0.244 e. The minimum Gasteiger partial charge on any atom is -0.488 e. The van der Waals surface area contributed by atoms with Crippen molar-refractivity contribution in [2.75, 3.05) is 18.4 Å². The van der Waals surface area contributed by atoms with Crippen LogP contribution in [-0.2, 0) is 11.3 Å². The highest BCUT2D eigenvalue weighted by molar-refractivity contribution is 5.76. The molecule has 1 fully saturated rings. The number of aromatic nitrogens is 4. The van der Waals surface area contributed by atoms with Gasteiger partial charge < -0.3 is 15.0 Å². The Hall–Kier alpha value is -3.49. The van der Waals surface area contributed by atoms with E-state index in [0.29, 0.717) is 22.9 Å². The summed E-state index contributed by atoms with van der Waals surface area (Å²) in [6.07, 6.45) is 7.05. The van der Waals surface area contributed by atoms with E-state index in [1.54, 1.807) is 35.4 Å². The van der Waals surface area contributed by atoms with Crippen molar-refractivity contribution < 1.29 is 13.9 Å². The second-order valence-corrected chi connectivity index (χ2v) is 8.18. The average Bonchev–Trinajstić information content (AvgIpc) is 3.43. The van der Waals surface area contributed by atoms with Crippen LogP contribution in [0.4, 0.5) is 16.0 Å². The van der Waals surface area contributed by atoms with Gasteiger partial charge in [0.2, 0.25) is 11.9 Å². The molecule has 3 aromatic rings. The lowest BCUT2D eigenvalue weighted by atomic mass is 10.1. The van der Waals surface area contributed by atoms with Crippen LogP contribution in [0, 0.1) is 12.7 Å². The number of hydrogen-bond donors (Lipinski definition) is 1. The first-order chi connectivity index (χ1) is 15.4. The predicted octanol–water partition coefficient (Wildman–Crippen LogP) is 3.94. The zero-order valence-corrected chi connectivity index (χ0v) is 18.5. The summed E-state index contributed by atoms with van der Waals surface area (Å²) in [7, 11) is 0. The first kappa shape index (κ1) is 21.7. The number of halogens is 1. The summed E-state index contributed by atoms with van der Waals surface area (Å²) in [5.41, 5.74) is 2.74. The molecule has 32 heavy (non-hydrogen) atoms. The van der Waals surface area contributed by atoms with Crippen molar-refractivity contribution in [2.24, 2.45) is 0 Å². The Morgan fingerprint density at radius 1 is 1.25 bits per heavy atom. The van der Waals surface area contributed by atoms with E-state index in [9.17, 15) is 9.18 Å². The fourth-order valence-electron chi connectivity index (χ4n) is 3.64. The minimum absolute atomic E-state index is 0.0675. The average molecular weight is 439 g/mol. The number of benzene rings is 1. The van der Waals surface area contributed by atoms with Gasteiger partial charge in [-0.05, 0) is 57.4 Å². The third-order valence-corrected chi connectivity index (χ3v) is 5.19. The zero-order chi connectivity index (χ0) is 22.7.